The molecule has 3 atom stereocenters. The number of hydrogen-bond acceptors (Lipinski definition) is 4. The fourth-order valence-electron chi connectivity index (χ4n) is 2.08. The third-order valence-electron chi connectivity index (χ3n) is 3.20. The molecule has 5 heteroatoms. The van der Waals surface area contributed by atoms with Crippen molar-refractivity contribution in [3.8, 4) is 0 Å². The fraction of sp³-hybridized carbons (Fsp3) is 0.800. The minimum atomic E-state index is -1.86. The Kier molecular flexibility index (Phi) is 2.55. The van der Waals surface area contributed by atoms with Crippen molar-refractivity contribution in [1.82, 2.24) is 0 Å². The molecule has 15 heavy (non-hydrogen) atoms. The number of carboxylic acids is 1. The van der Waals surface area contributed by atoms with Gasteiger partial charge in [0.2, 0.25) is 5.60 Å². The minimum absolute atomic E-state index is 0.173. The number of aliphatic hydroxyl groups is 1. The Labute approximate surface area is 88.0 Å². The van der Waals surface area contributed by atoms with E-state index in [1.165, 1.54) is 13.8 Å². The van der Waals surface area contributed by atoms with Gasteiger partial charge in [0.1, 0.15) is 5.60 Å². The van der Waals surface area contributed by atoms with Gasteiger partial charge in [-0.25, -0.2) is 4.79 Å². The van der Waals surface area contributed by atoms with Gasteiger partial charge in [-0.05, 0) is 19.8 Å². The fourth-order valence-corrected chi connectivity index (χ4v) is 2.08. The molecule has 0 spiro atoms. The number of aliphatic carboxylic acids is 1. The molecule has 86 valence electrons. The first-order valence-corrected chi connectivity index (χ1v) is 4.83. The Morgan fingerprint density at radius 2 is 1.93 bits per heavy atom. The standard InChI is InChI=1S/C10H16O5/c1-5(2)6-7(11)15-10(4,8(12)13)9(6,3)14/h5-6,14H,1-4H3,(H,12,13)/t6-,9+,10-/m0/s1. The predicted octanol–water partition coefficient (Wildman–Crippen LogP) is 0.410. The number of esters is 1. The van der Waals surface area contributed by atoms with Crippen LogP contribution in [-0.4, -0.2) is 33.4 Å². The van der Waals surface area contributed by atoms with Crippen molar-refractivity contribution in [2.24, 2.45) is 11.8 Å². The maximum atomic E-state index is 11.5. The summed E-state index contributed by atoms with van der Waals surface area (Å²) in [6.45, 7) is 6.04. The highest BCUT2D eigenvalue weighted by Gasteiger charge is 2.66. The molecule has 0 unspecified atom stereocenters. The molecule has 0 aromatic heterocycles. The van der Waals surface area contributed by atoms with Crippen LogP contribution >= 0.6 is 0 Å². The largest absolute Gasteiger partial charge is 0.478 e. The molecular weight excluding hydrogens is 200 g/mol. The summed E-state index contributed by atoms with van der Waals surface area (Å²) in [5, 5.41) is 19.1. The van der Waals surface area contributed by atoms with E-state index in [-0.39, 0.29) is 5.92 Å². The molecule has 1 heterocycles. The summed E-state index contributed by atoms with van der Waals surface area (Å²) in [5.74, 6) is -2.96. The molecule has 1 rings (SSSR count). The van der Waals surface area contributed by atoms with Crippen molar-refractivity contribution >= 4 is 11.9 Å². The van der Waals surface area contributed by atoms with Crippen molar-refractivity contribution in [1.29, 1.82) is 0 Å². The van der Waals surface area contributed by atoms with Crippen LogP contribution < -0.4 is 0 Å². The number of hydrogen-bond donors (Lipinski definition) is 2. The first kappa shape index (κ1) is 12.0. The van der Waals surface area contributed by atoms with Crippen LogP contribution in [0.1, 0.15) is 27.7 Å². The van der Waals surface area contributed by atoms with E-state index >= 15 is 0 Å². The number of cyclic esters (lactones) is 1. The summed E-state index contributed by atoms with van der Waals surface area (Å²) in [6, 6.07) is 0. The number of carbonyl (C=O) groups is 2. The van der Waals surface area contributed by atoms with Gasteiger partial charge in [-0.1, -0.05) is 13.8 Å². The summed E-state index contributed by atoms with van der Waals surface area (Å²) in [4.78, 5) is 22.5. The monoisotopic (exact) mass is 216 g/mol. The molecule has 0 aromatic carbocycles. The van der Waals surface area contributed by atoms with Crippen LogP contribution in [0.25, 0.3) is 0 Å². The third kappa shape index (κ3) is 1.42. The molecule has 0 radical (unpaired) electrons. The lowest BCUT2D eigenvalue weighted by molar-refractivity contribution is -0.182. The molecule has 0 amide bonds. The second-order valence-electron chi connectivity index (χ2n) is 4.63. The SMILES string of the molecule is CC(C)[C@H]1C(=O)O[C@@](C)(C(=O)O)[C@]1(C)O. The molecule has 0 saturated carbocycles. The predicted molar refractivity (Wildman–Crippen MR) is 51.1 cm³/mol. The molecule has 5 nitrogen and oxygen atoms in total. The van der Waals surface area contributed by atoms with Crippen molar-refractivity contribution in [2.45, 2.75) is 38.9 Å². The lowest BCUT2D eigenvalue weighted by Gasteiger charge is -2.33. The topological polar surface area (TPSA) is 83.8 Å². The Bertz CT molecular complexity index is 307. The van der Waals surface area contributed by atoms with E-state index in [1.54, 1.807) is 13.8 Å². The summed E-state index contributed by atoms with van der Waals surface area (Å²) in [6.07, 6.45) is 0. The highest BCUT2D eigenvalue weighted by Crippen LogP contribution is 2.44. The van der Waals surface area contributed by atoms with Crippen molar-refractivity contribution in [3.63, 3.8) is 0 Å². The van der Waals surface area contributed by atoms with E-state index in [4.69, 9.17) is 9.84 Å². The summed E-state index contributed by atoms with van der Waals surface area (Å²) < 4.78 is 4.81. The van der Waals surface area contributed by atoms with Crippen LogP contribution in [0.3, 0.4) is 0 Å². The van der Waals surface area contributed by atoms with Crippen molar-refractivity contribution < 1.29 is 24.5 Å². The zero-order chi connectivity index (χ0) is 12.0. The molecule has 1 aliphatic heterocycles. The van der Waals surface area contributed by atoms with Crippen molar-refractivity contribution in [2.75, 3.05) is 0 Å². The molecule has 1 fully saturated rings. The second kappa shape index (κ2) is 3.20. The normalized spacial score (nSPS) is 40.7. The van der Waals surface area contributed by atoms with Crippen LogP contribution in [-0.2, 0) is 14.3 Å². The van der Waals surface area contributed by atoms with E-state index in [2.05, 4.69) is 0 Å². The average Bonchev–Trinajstić information content (AvgIpc) is 2.18. The maximum absolute atomic E-state index is 11.5. The van der Waals surface area contributed by atoms with Gasteiger partial charge < -0.3 is 14.9 Å². The van der Waals surface area contributed by atoms with Gasteiger partial charge in [-0.15, -0.1) is 0 Å². The zero-order valence-corrected chi connectivity index (χ0v) is 9.27. The highest BCUT2D eigenvalue weighted by atomic mass is 16.6. The molecule has 1 saturated heterocycles. The van der Waals surface area contributed by atoms with Crippen molar-refractivity contribution in [3.05, 3.63) is 0 Å². The Morgan fingerprint density at radius 1 is 1.47 bits per heavy atom. The smallest absolute Gasteiger partial charge is 0.350 e. The van der Waals surface area contributed by atoms with Crippen LogP contribution in [0.5, 0.6) is 0 Å². The van der Waals surface area contributed by atoms with Gasteiger partial charge in [0.15, 0.2) is 0 Å². The molecule has 0 bridgehead atoms. The molecule has 0 aromatic rings. The number of carboxylic acid groups (broad SMARTS) is 1. The summed E-state index contributed by atoms with van der Waals surface area (Å²) in [5.41, 5.74) is -3.55. The van der Waals surface area contributed by atoms with Crippen LogP contribution in [0.4, 0.5) is 0 Å². The Morgan fingerprint density at radius 3 is 2.13 bits per heavy atom. The third-order valence-corrected chi connectivity index (χ3v) is 3.20. The van der Waals surface area contributed by atoms with Gasteiger partial charge >= 0.3 is 11.9 Å². The first-order valence-electron chi connectivity index (χ1n) is 4.83. The Hall–Kier alpha value is -1.10. The Balaban J connectivity index is 3.21. The van der Waals surface area contributed by atoms with E-state index in [9.17, 15) is 14.7 Å². The van der Waals surface area contributed by atoms with Gasteiger partial charge in [0, 0.05) is 0 Å². The first-order chi connectivity index (χ1) is 6.64. The van der Waals surface area contributed by atoms with Gasteiger partial charge in [0.05, 0.1) is 5.92 Å². The summed E-state index contributed by atoms with van der Waals surface area (Å²) >= 11 is 0. The van der Waals surface area contributed by atoms with Gasteiger partial charge in [0.25, 0.3) is 0 Å². The molecule has 2 N–H and O–H groups in total. The van der Waals surface area contributed by atoms with E-state index < -0.39 is 29.1 Å². The van der Waals surface area contributed by atoms with E-state index in [0.29, 0.717) is 0 Å². The lowest BCUT2D eigenvalue weighted by Crippen LogP contribution is -2.56. The quantitative estimate of drug-likeness (QED) is 0.653. The zero-order valence-electron chi connectivity index (χ0n) is 9.27. The number of rotatable bonds is 2. The molecular formula is C10H16O5. The highest BCUT2D eigenvalue weighted by molar-refractivity contribution is 5.89. The van der Waals surface area contributed by atoms with Gasteiger partial charge in [-0.3, -0.25) is 4.79 Å². The minimum Gasteiger partial charge on any atom is -0.478 e. The van der Waals surface area contributed by atoms with Gasteiger partial charge in [-0.2, -0.15) is 0 Å². The van der Waals surface area contributed by atoms with Crippen LogP contribution in [0.2, 0.25) is 0 Å². The average molecular weight is 216 g/mol. The second-order valence-corrected chi connectivity index (χ2v) is 4.63. The number of ether oxygens (including phenoxy) is 1. The van der Waals surface area contributed by atoms with E-state index in [0.717, 1.165) is 0 Å². The van der Waals surface area contributed by atoms with Crippen LogP contribution in [0.15, 0.2) is 0 Å². The number of carbonyl (C=O) groups excluding carboxylic acids is 1. The molecule has 1 aliphatic rings. The maximum Gasteiger partial charge on any atom is 0.350 e. The lowest BCUT2D eigenvalue weighted by atomic mass is 9.74. The van der Waals surface area contributed by atoms with E-state index in [1.807, 2.05) is 0 Å². The summed E-state index contributed by atoms with van der Waals surface area (Å²) in [7, 11) is 0. The molecule has 0 aliphatic carbocycles. The van der Waals surface area contributed by atoms with Crippen LogP contribution in [0, 0.1) is 11.8 Å².